The van der Waals surface area contributed by atoms with Gasteiger partial charge in [0.1, 0.15) is 5.82 Å². The second kappa shape index (κ2) is 6.83. The van der Waals surface area contributed by atoms with Crippen LogP contribution in [0.4, 0.5) is 11.5 Å². The second-order valence-electron chi connectivity index (χ2n) is 4.96. The molecule has 0 saturated carbocycles. The maximum Gasteiger partial charge on any atom is 0.278 e. The Morgan fingerprint density at radius 3 is 2.48 bits per heavy atom. The van der Waals surface area contributed by atoms with E-state index in [0.29, 0.717) is 17.6 Å². The summed E-state index contributed by atoms with van der Waals surface area (Å²) < 4.78 is 0. The Kier molecular flexibility index (Phi) is 4.87. The van der Waals surface area contributed by atoms with E-state index < -0.39 is 0 Å². The summed E-state index contributed by atoms with van der Waals surface area (Å²) in [7, 11) is 1.73. The van der Waals surface area contributed by atoms with Crippen molar-refractivity contribution in [3.63, 3.8) is 0 Å². The van der Waals surface area contributed by atoms with Crippen LogP contribution in [-0.4, -0.2) is 29.2 Å². The minimum absolute atomic E-state index is 0.177. The number of rotatable bonds is 5. The van der Waals surface area contributed by atoms with E-state index in [1.165, 1.54) is 0 Å². The number of para-hydroxylation sites is 1. The molecule has 0 saturated heterocycles. The van der Waals surface area contributed by atoms with E-state index in [9.17, 15) is 4.79 Å². The van der Waals surface area contributed by atoms with Crippen LogP contribution in [0.2, 0.25) is 0 Å². The Morgan fingerprint density at radius 2 is 1.90 bits per heavy atom. The lowest BCUT2D eigenvalue weighted by Crippen LogP contribution is -2.27. The molecule has 1 heterocycles. The predicted molar refractivity (Wildman–Crippen MR) is 84.6 cm³/mol. The van der Waals surface area contributed by atoms with Gasteiger partial charge in [-0.1, -0.05) is 25.1 Å². The summed E-state index contributed by atoms with van der Waals surface area (Å²) in [5.74, 6) is 0.507. The molecule has 2 aromatic rings. The molecule has 0 aliphatic carbocycles. The first kappa shape index (κ1) is 15.0. The van der Waals surface area contributed by atoms with E-state index in [2.05, 4.69) is 29.4 Å². The van der Waals surface area contributed by atoms with Crippen LogP contribution in [0.5, 0.6) is 0 Å². The predicted octanol–water partition coefficient (Wildman–Crippen LogP) is 2.96. The Hall–Kier alpha value is -2.43. The number of carbonyl (C=O) groups excluding carboxylic acids is 1. The SMILES string of the molecule is CCC(C)Nc1ccc(C(=O)N(C)c2ccccc2)nn1. The van der Waals surface area contributed by atoms with Gasteiger partial charge in [0.2, 0.25) is 0 Å². The molecule has 2 rings (SSSR count). The molecule has 0 radical (unpaired) electrons. The van der Waals surface area contributed by atoms with E-state index in [0.717, 1.165) is 12.1 Å². The van der Waals surface area contributed by atoms with Crippen molar-refractivity contribution in [3.8, 4) is 0 Å². The standard InChI is InChI=1S/C16H20N4O/c1-4-12(2)17-15-11-10-14(18-19-15)16(21)20(3)13-8-6-5-7-9-13/h5-12H,4H2,1-3H3,(H,17,19). The minimum atomic E-state index is -0.177. The van der Waals surface area contributed by atoms with Gasteiger partial charge in [0.25, 0.3) is 5.91 Å². The molecule has 0 bridgehead atoms. The number of hydrogen-bond donors (Lipinski definition) is 1. The van der Waals surface area contributed by atoms with Gasteiger partial charge in [-0.2, -0.15) is 0 Å². The van der Waals surface area contributed by atoms with Crippen molar-refractivity contribution in [1.29, 1.82) is 0 Å². The third-order valence-corrected chi connectivity index (χ3v) is 3.34. The highest BCUT2D eigenvalue weighted by atomic mass is 16.2. The number of anilines is 2. The number of amides is 1. The van der Waals surface area contributed by atoms with Crippen LogP contribution < -0.4 is 10.2 Å². The van der Waals surface area contributed by atoms with Crippen molar-refractivity contribution in [1.82, 2.24) is 10.2 Å². The van der Waals surface area contributed by atoms with Crippen molar-refractivity contribution >= 4 is 17.4 Å². The molecule has 5 heteroatoms. The Bertz CT molecular complexity index is 583. The van der Waals surface area contributed by atoms with Gasteiger partial charge in [-0.3, -0.25) is 4.79 Å². The smallest absolute Gasteiger partial charge is 0.278 e. The molecule has 1 unspecified atom stereocenters. The minimum Gasteiger partial charge on any atom is -0.366 e. The molecule has 21 heavy (non-hydrogen) atoms. The van der Waals surface area contributed by atoms with Crippen molar-refractivity contribution in [2.75, 3.05) is 17.3 Å². The number of hydrogen-bond acceptors (Lipinski definition) is 4. The molecule has 110 valence electrons. The summed E-state index contributed by atoms with van der Waals surface area (Å²) in [6.45, 7) is 4.17. The van der Waals surface area contributed by atoms with E-state index in [1.54, 1.807) is 24.1 Å². The quantitative estimate of drug-likeness (QED) is 0.917. The van der Waals surface area contributed by atoms with Crippen LogP contribution in [0.15, 0.2) is 42.5 Å². The fourth-order valence-electron chi connectivity index (χ4n) is 1.82. The zero-order chi connectivity index (χ0) is 15.2. The van der Waals surface area contributed by atoms with Gasteiger partial charge in [0, 0.05) is 18.8 Å². The zero-order valence-electron chi connectivity index (χ0n) is 12.6. The van der Waals surface area contributed by atoms with Gasteiger partial charge in [0.05, 0.1) is 0 Å². The summed E-state index contributed by atoms with van der Waals surface area (Å²) in [6.07, 6.45) is 0.999. The van der Waals surface area contributed by atoms with Crippen molar-refractivity contribution < 1.29 is 4.79 Å². The molecule has 5 nitrogen and oxygen atoms in total. The number of benzene rings is 1. The summed E-state index contributed by atoms with van der Waals surface area (Å²) >= 11 is 0. The average molecular weight is 284 g/mol. The van der Waals surface area contributed by atoms with Crippen LogP contribution in [0.25, 0.3) is 0 Å². The Morgan fingerprint density at radius 1 is 1.19 bits per heavy atom. The summed E-state index contributed by atoms with van der Waals surface area (Å²) in [4.78, 5) is 13.9. The van der Waals surface area contributed by atoms with Crippen LogP contribution in [0.1, 0.15) is 30.8 Å². The molecule has 1 N–H and O–H groups in total. The first-order valence-electron chi connectivity index (χ1n) is 7.05. The van der Waals surface area contributed by atoms with Crippen molar-refractivity contribution in [3.05, 3.63) is 48.2 Å². The highest BCUT2D eigenvalue weighted by molar-refractivity contribution is 6.04. The van der Waals surface area contributed by atoms with Crippen LogP contribution in [0.3, 0.4) is 0 Å². The lowest BCUT2D eigenvalue weighted by molar-refractivity contribution is 0.0987. The van der Waals surface area contributed by atoms with Gasteiger partial charge >= 0.3 is 0 Å². The molecular formula is C16H20N4O. The largest absolute Gasteiger partial charge is 0.366 e. The molecule has 0 aliphatic heterocycles. The van der Waals surface area contributed by atoms with Gasteiger partial charge in [-0.25, -0.2) is 0 Å². The summed E-state index contributed by atoms with van der Waals surface area (Å²) in [5.41, 5.74) is 1.15. The summed E-state index contributed by atoms with van der Waals surface area (Å²) in [5, 5.41) is 11.3. The highest BCUT2D eigenvalue weighted by Gasteiger charge is 2.15. The molecule has 0 fully saturated rings. The fraction of sp³-hybridized carbons (Fsp3) is 0.312. The zero-order valence-corrected chi connectivity index (χ0v) is 12.6. The summed E-state index contributed by atoms with van der Waals surface area (Å²) in [6, 6.07) is 13.3. The molecule has 0 spiro atoms. The van der Waals surface area contributed by atoms with Crippen molar-refractivity contribution in [2.24, 2.45) is 0 Å². The van der Waals surface area contributed by atoms with Crippen LogP contribution >= 0.6 is 0 Å². The lowest BCUT2D eigenvalue weighted by atomic mass is 10.2. The maximum absolute atomic E-state index is 12.3. The average Bonchev–Trinajstić information content (AvgIpc) is 2.55. The Labute approximate surface area is 125 Å². The van der Waals surface area contributed by atoms with E-state index >= 15 is 0 Å². The Balaban J connectivity index is 2.09. The van der Waals surface area contributed by atoms with Crippen LogP contribution in [-0.2, 0) is 0 Å². The lowest BCUT2D eigenvalue weighted by Gasteiger charge is -2.16. The fourth-order valence-corrected chi connectivity index (χ4v) is 1.82. The molecule has 1 aromatic carbocycles. The highest BCUT2D eigenvalue weighted by Crippen LogP contribution is 2.14. The van der Waals surface area contributed by atoms with E-state index in [4.69, 9.17) is 0 Å². The monoisotopic (exact) mass is 284 g/mol. The third kappa shape index (κ3) is 3.78. The molecular weight excluding hydrogens is 264 g/mol. The van der Waals surface area contributed by atoms with Gasteiger partial charge in [0.15, 0.2) is 5.69 Å². The van der Waals surface area contributed by atoms with E-state index in [-0.39, 0.29) is 5.91 Å². The van der Waals surface area contributed by atoms with Gasteiger partial charge < -0.3 is 10.2 Å². The molecule has 1 amide bonds. The van der Waals surface area contributed by atoms with Crippen molar-refractivity contribution in [2.45, 2.75) is 26.3 Å². The van der Waals surface area contributed by atoms with Gasteiger partial charge in [-0.05, 0) is 37.6 Å². The number of carbonyl (C=O) groups is 1. The van der Waals surface area contributed by atoms with Gasteiger partial charge in [-0.15, -0.1) is 10.2 Å². The maximum atomic E-state index is 12.3. The molecule has 1 aromatic heterocycles. The number of nitrogens with zero attached hydrogens (tertiary/aromatic N) is 3. The molecule has 1 atom stereocenters. The number of nitrogens with one attached hydrogen (secondary N) is 1. The topological polar surface area (TPSA) is 58.1 Å². The first-order valence-corrected chi connectivity index (χ1v) is 7.05. The third-order valence-electron chi connectivity index (χ3n) is 3.34. The first-order chi connectivity index (χ1) is 10.1. The normalized spacial score (nSPS) is 11.8. The second-order valence-corrected chi connectivity index (χ2v) is 4.96. The number of aromatic nitrogens is 2. The van der Waals surface area contributed by atoms with E-state index in [1.807, 2.05) is 30.3 Å². The van der Waals surface area contributed by atoms with Crippen LogP contribution in [0, 0.1) is 0 Å². The molecule has 0 aliphatic rings.